The Hall–Kier alpha value is -3.66. The highest BCUT2D eigenvalue weighted by molar-refractivity contribution is 5.99. The van der Waals surface area contributed by atoms with E-state index in [1.807, 2.05) is 12.1 Å². The van der Waals surface area contributed by atoms with Crippen molar-refractivity contribution in [1.29, 1.82) is 0 Å². The van der Waals surface area contributed by atoms with E-state index in [-0.39, 0.29) is 25.5 Å². The van der Waals surface area contributed by atoms with E-state index >= 15 is 0 Å². The second kappa shape index (κ2) is 11.2. The molecule has 1 aromatic carbocycles. The van der Waals surface area contributed by atoms with E-state index in [0.717, 1.165) is 37.4 Å². The minimum atomic E-state index is -0.741. The number of hydrogen-bond donors (Lipinski definition) is 2. The third-order valence-corrected chi connectivity index (χ3v) is 6.29. The predicted molar refractivity (Wildman–Crippen MR) is 129 cm³/mol. The number of nitrogens with zero attached hydrogens (tertiary/aromatic N) is 3. The first-order valence-electron chi connectivity index (χ1n) is 12.0. The van der Waals surface area contributed by atoms with Crippen molar-refractivity contribution < 1.29 is 23.9 Å². The highest BCUT2D eigenvalue weighted by atomic mass is 16.5. The maximum absolute atomic E-state index is 13.2. The molecule has 4 rings (SSSR count). The number of anilines is 1. The number of nitrogens with one attached hydrogen (secondary N) is 2. The smallest absolute Gasteiger partial charge is 0.308 e. The number of amides is 2. The summed E-state index contributed by atoms with van der Waals surface area (Å²) in [5, 5.41) is 17.9. The number of carbonyl (C=O) groups excluding carboxylic acids is 3. The standard InChI is InChI=1S/C25H31N5O5/c1-2-35-24(32)15-22(19-4-3-10-30(34)16-19)27-23(31)17-29-11-7-18-5-6-20(14-21(18)25(29)33)28-12-8-26-9-13-28/h3-6,10,14,16,22,26H,2,7-9,11-13,15,17H2,1H3,(H,27,31)/t22-/m0/s1. The zero-order valence-corrected chi connectivity index (χ0v) is 19.9. The van der Waals surface area contributed by atoms with Crippen LogP contribution in [0.3, 0.4) is 0 Å². The van der Waals surface area contributed by atoms with Gasteiger partial charge in [0.2, 0.25) is 5.91 Å². The van der Waals surface area contributed by atoms with Crippen molar-refractivity contribution >= 4 is 23.5 Å². The van der Waals surface area contributed by atoms with E-state index in [1.54, 1.807) is 19.1 Å². The Kier molecular flexibility index (Phi) is 7.81. The Balaban J connectivity index is 1.45. The Morgan fingerprint density at radius 2 is 2.03 bits per heavy atom. The Morgan fingerprint density at radius 1 is 1.23 bits per heavy atom. The van der Waals surface area contributed by atoms with Crippen LogP contribution in [0.4, 0.5) is 5.69 Å². The number of fused-ring (bicyclic) bond motifs is 1. The average molecular weight is 482 g/mol. The molecule has 2 aliphatic rings. The molecule has 2 N–H and O–H groups in total. The molecular formula is C25H31N5O5. The molecule has 3 heterocycles. The molecule has 0 spiro atoms. The average Bonchev–Trinajstić information content (AvgIpc) is 2.86. The van der Waals surface area contributed by atoms with Gasteiger partial charge in [-0.05, 0) is 37.1 Å². The van der Waals surface area contributed by atoms with Crippen LogP contribution in [0.15, 0.2) is 42.7 Å². The summed E-state index contributed by atoms with van der Waals surface area (Å²) in [6, 6.07) is 8.46. The third-order valence-electron chi connectivity index (χ3n) is 6.29. The predicted octanol–water partition coefficient (Wildman–Crippen LogP) is 0.539. The Bertz CT molecular complexity index is 1090. The number of esters is 1. The number of rotatable bonds is 8. The van der Waals surface area contributed by atoms with Crippen molar-refractivity contribution in [2.45, 2.75) is 25.8 Å². The summed E-state index contributed by atoms with van der Waals surface area (Å²) in [6.45, 7) is 5.77. The molecule has 2 aromatic rings. The van der Waals surface area contributed by atoms with Crippen LogP contribution in [0.2, 0.25) is 0 Å². The van der Waals surface area contributed by atoms with Gasteiger partial charge in [0.05, 0.1) is 25.6 Å². The van der Waals surface area contributed by atoms with Gasteiger partial charge in [0, 0.05) is 55.6 Å². The van der Waals surface area contributed by atoms with Crippen LogP contribution in [0, 0.1) is 5.21 Å². The molecule has 1 fully saturated rings. The van der Waals surface area contributed by atoms with E-state index in [1.165, 1.54) is 17.3 Å². The Labute approximate surface area is 204 Å². The highest BCUT2D eigenvalue weighted by Gasteiger charge is 2.28. The van der Waals surface area contributed by atoms with Gasteiger partial charge in [0.25, 0.3) is 5.91 Å². The lowest BCUT2D eigenvalue weighted by Gasteiger charge is -2.32. The summed E-state index contributed by atoms with van der Waals surface area (Å²) in [6.07, 6.45) is 3.18. The van der Waals surface area contributed by atoms with E-state index in [2.05, 4.69) is 21.6 Å². The summed E-state index contributed by atoms with van der Waals surface area (Å²) in [5.74, 6) is -1.07. The molecule has 2 aliphatic heterocycles. The molecule has 0 bridgehead atoms. The van der Waals surface area contributed by atoms with Crippen molar-refractivity contribution in [3.05, 3.63) is 64.6 Å². The maximum Gasteiger partial charge on any atom is 0.308 e. The van der Waals surface area contributed by atoms with Crippen molar-refractivity contribution in [1.82, 2.24) is 15.5 Å². The van der Waals surface area contributed by atoms with Crippen LogP contribution in [0.5, 0.6) is 0 Å². The van der Waals surface area contributed by atoms with Crippen LogP contribution in [-0.2, 0) is 20.7 Å². The topological polar surface area (TPSA) is 118 Å². The van der Waals surface area contributed by atoms with Gasteiger partial charge in [0.15, 0.2) is 12.4 Å². The van der Waals surface area contributed by atoms with Crippen molar-refractivity contribution in [3.8, 4) is 0 Å². The van der Waals surface area contributed by atoms with Gasteiger partial charge in [-0.15, -0.1) is 0 Å². The van der Waals surface area contributed by atoms with Crippen molar-refractivity contribution in [3.63, 3.8) is 0 Å². The maximum atomic E-state index is 13.2. The first kappa shape index (κ1) is 24.5. The van der Waals surface area contributed by atoms with Gasteiger partial charge in [-0.3, -0.25) is 14.4 Å². The molecule has 0 unspecified atom stereocenters. The van der Waals surface area contributed by atoms with Gasteiger partial charge in [-0.25, -0.2) is 0 Å². The summed E-state index contributed by atoms with van der Waals surface area (Å²) in [7, 11) is 0. The molecular weight excluding hydrogens is 450 g/mol. The van der Waals surface area contributed by atoms with Gasteiger partial charge >= 0.3 is 5.97 Å². The number of aromatic nitrogens is 1. The molecule has 0 aliphatic carbocycles. The summed E-state index contributed by atoms with van der Waals surface area (Å²) in [4.78, 5) is 42.1. The van der Waals surface area contributed by atoms with Crippen molar-refractivity contribution in [2.24, 2.45) is 0 Å². The van der Waals surface area contributed by atoms with Gasteiger partial charge in [0.1, 0.15) is 0 Å². The van der Waals surface area contributed by atoms with Gasteiger partial charge in [-0.2, -0.15) is 4.73 Å². The first-order chi connectivity index (χ1) is 16.9. The zero-order chi connectivity index (χ0) is 24.8. The van der Waals surface area contributed by atoms with Crippen LogP contribution < -0.4 is 20.3 Å². The second-order valence-corrected chi connectivity index (χ2v) is 8.68. The minimum absolute atomic E-state index is 0.117. The lowest BCUT2D eigenvalue weighted by atomic mass is 9.97. The van der Waals surface area contributed by atoms with E-state index < -0.39 is 17.9 Å². The summed E-state index contributed by atoms with van der Waals surface area (Å²) in [5.41, 5.74) is 3.10. The number of pyridine rings is 1. The van der Waals surface area contributed by atoms with Crippen LogP contribution in [0.1, 0.15) is 40.9 Å². The van der Waals surface area contributed by atoms with Crippen molar-refractivity contribution in [2.75, 3.05) is 50.8 Å². The largest absolute Gasteiger partial charge is 0.619 e. The lowest BCUT2D eigenvalue weighted by Crippen LogP contribution is -2.46. The molecule has 1 saturated heterocycles. The van der Waals surface area contributed by atoms with Crippen LogP contribution in [-0.4, -0.2) is 68.6 Å². The summed E-state index contributed by atoms with van der Waals surface area (Å²) < 4.78 is 5.64. The molecule has 186 valence electrons. The normalized spacial score (nSPS) is 16.4. The number of ether oxygens (including phenoxy) is 1. The third kappa shape index (κ3) is 6.07. The minimum Gasteiger partial charge on any atom is -0.619 e. The van der Waals surface area contributed by atoms with E-state index in [0.29, 0.717) is 28.8 Å². The van der Waals surface area contributed by atoms with E-state index in [9.17, 15) is 19.6 Å². The number of benzene rings is 1. The van der Waals surface area contributed by atoms with Gasteiger partial charge in [-0.1, -0.05) is 6.07 Å². The highest BCUT2D eigenvalue weighted by Crippen LogP contribution is 2.25. The molecule has 1 aromatic heterocycles. The Morgan fingerprint density at radius 3 is 2.77 bits per heavy atom. The lowest BCUT2D eigenvalue weighted by molar-refractivity contribution is -0.606. The van der Waals surface area contributed by atoms with E-state index in [4.69, 9.17) is 4.74 Å². The van der Waals surface area contributed by atoms with Crippen LogP contribution in [0.25, 0.3) is 0 Å². The van der Waals surface area contributed by atoms with Gasteiger partial charge < -0.3 is 30.4 Å². The number of hydrogen-bond acceptors (Lipinski definition) is 7. The first-order valence-corrected chi connectivity index (χ1v) is 12.0. The number of piperazine rings is 1. The second-order valence-electron chi connectivity index (χ2n) is 8.68. The monoisotopic (exact) mass is 481 g/mol. The SMILES string of the molecule is CCOC(=O)C[C@H](NC(=O)CN1CCc2ccc(N3CCNCC3)cc2C1=O)c1ccc[n+]([O-])c1. The van der Waals surface area contributed by atoms with Crippen LogP contribution >= 0.6 is 0 Å². The zero-order valence-electron chi connectivity index (χ0n) is 19.9. The molecule has 35 heavy (non-hydrogen) atoms. The molecule has 10 heteroatoms. The fraction of sp³-hybridized carbons (Fsp3) is 0.440. The molecule has 0 saturated carbocycles. The summed E-state index contributed by atoms with van der Waals surface area (Å²) >= 11 is 0. The fourth-order valence-corrected chi connectivity index (χ4v) is 4.51. The molecule has 1 atom stereocenters. The molecule has 0 radical (unpaired) electrons. The fourth-order valence-electron chi connectivity index (χ4n) is 4.51. The quantitative estimate of drug-likeness (QED) is 0.321. The number of carbonyl (C=O) groups is 3. The molecule has 2 amide bonds. The molecule has 10 nitrogen and oxygen atoms in total.